The van der Waals surface area contributed by atoms with Crippen LogP contribution in [-0.4, -0.2) is 15.6 Å². The highest BCUT2D eigenvalue weighted by Gasteiger charge is 2.18. The normalized spacial score (nSPS) is 12.4. The first kappa shape index (κ1) is 13.4. The number of carboxylic acids is 1. The quantitative estimate of drug-likeness (QED) is 0.787. The molecule has 0 bridgehead atoms. The van der Waals surface area contributed by atoms with Gasteiger partial charge in [-0.25, -0.2) is 0 Å². The first-order valence-electron chi connectivity index (χ1n) is 7.01. The average Bonchev–Trinajstić information content (AvgIpc) is 2.91. The fourth-order valence-electron chi connectivity index (χ4n) is 2.69. The van der Waals surface area contributed by atoms with Crippen LogP contribution in [0.1, 0.15) is 24.0 Å². The lowest BCUT2D eigenvalue weighted by atomic mass is 9.99. The van der Waals surface area contributed by atoms with Gasteiger partial charge in [-0.3, -0.25) is 4.79 Å². The van der Waals surface area contributed by atoms with Crippen molar-refractivity contribution in [2.45, 2.75) is 19.4 Å². The van der Waals surface area contributed by atoms with Gasteiger partial charge >= 0.3 is 5.97 Å². The van der Waals surface area contributed by atoms with Crippen LogP contribution in [-0.2, 0) is 11.3 Å². The third kappa shape index (κ3) is 2.55. The van der Waals surface area contributed by atoms with Crippen LogP contribution in [0.2, 0.25) is 0 Å². The molecule has 1 atom stereocenters. The number of rotatable bonds is 4. The van der Waals surface area contributed by atoms with Crippen molar-refractivity contribution < 1.29 is 9.90 Å². The van der Waals surface area contributed by atoms with E-state index in [2.05, 4.69) is 16.7 Å². The molecule has 106 valence electrons. The van der Waals surface area contributed by atoms with Crippen LogP contribution in [0.5, 0.6) is 0 Å². The number of benzene rings is 2. The van der Waals surface area contributed by atoms with Gasteiger partial charge in [0.25, 0.3) is 0 Å². The predicted molar refractivity (Wildman–Crippen MR) is 83.5 cm³/mol. The molecule has 0 radical (unpaired) electrons. The lowest BCUT2D eigenvalue weighted by molar-refractivity contribution is -0.138. The van der Waals surface area contributed by atoms with Gasteiger partial charge in [0.05, 0.1) is 11.4 Å². The Bertz CT molecular complexity index is 774. The van der Waals surface area contributed by atoms with Crippen molar-refractivity contribution in [1.29, 1.82) is 0 Å². The molecule has 2 aromatic carbocycles. The van der Waals surface area contributed by atoms with E-state index in [-0.39, 0.29) is 0 Å². The molecule has 0 fully saturated rings. The summed E-state index contributed by atoms with van der Waals surface area (Å²) in [5, 5.41) is 10.4. The Balaban J connectivity index is 2.10. The summed E-state index contributed by atoms with van der Waals surface area (Å²) in [5.74, 6) is -1.31. The lowest BCUT2D eigenvalue weighted by Gasteiger charge is -2.13. The van der Waals surface area contributed by atoms with E-state index in [1.54, 1.807) is 6.92 Å². The van der Waals surface area contributed by atoms with Crippen molar-refractivity contribution in [1.82, 2.24) is 4.57 Å². The maximum absolute atomic E-state index is 11.3. The molecule has 0 spiro atoms. The third-order valence-corrected chi connectivity index (χ3v) is 3.85. The number of para-hydroxylation sites is 1. The summed E-state index contributed by atoms with van der Waals surface area (Å²) in [6.45, 7) is 2.48. The van der Waals surface area contributed by atoms with Gasteiger partial charge in [0.1, 0.15) is 0 Å². The molecule has 3 rings (SSSR count). The zero-order valence-electron chi connectivity index (χ0n) is 11.9. The largest absolute Gasteiger partial charge is 0.481 e. The maximum Gasteiger partial charge on any atom is 0.310 e. The van der Waals surface area contributed by atoms with Crippen LogP contribution >= 0.6 is 0 Å². The van der Waals surface area contributed by atoms with Crippen molar-refractivity contribution in [3.63, 3.8) is 0 Å². The van der Waals surface area contributed by atoms with Crippen molar-refractivity contribution in [3.8, 4) is 0 Å². The van der Waals surface area contributed by atoms with E-state index in [0.717, 1.165) is 23.0 Å². The first-order chi connectivity index (χ1) is 10.2. The predicted octanol–water partition coefficient (Wildman–Crippen LogP) is 3.88. The minimum absolute atomic E-state index is 0.516. The molecule has 3 heteroatoms. The molecule has 1 N–H and O–H groups in total. The summed E-state index contributed by atoms with van der Waals surface area (Å²) in [4.78, 5) is 11.3. The Labute approximate surface area is 123 Å². The van der Waals surface area contributed by atoms with Crippen LogP contribution < -0.4 is 0 Å². The minimum atomic E-state index is -0.796. The fraction of sp³-hybridized carbons (Fsp3) is 0.167. The van der Waals surface area contributed by atoms with E-state index in [0.29, 0.717) is 0 Å². The van der Waals surface area contributed by atoms with E-state index in [1.165, 1.54) is 5.56 Å². The maximum atomic E-state index is 11.3. The molecule has 1 unspecified atom stereocenters. The second-order valence-electron chi connectivity index (χ2n) is 5.27. The number of nitrogens with zero attached hydrogens (tertiary/aromatic N) is 1. The van der Waals surface area contributed by atoms with Gasteiger partial charge < -0.3 is 9.67 Å². The number of carboxylic acid groups (broad SMARTS) is 1. The molecular weight excluding hydrogens is 262 g/mol. The summed E-state index contributed by atoms with van der Waals surface area (Å²) < 4.78 is 2.12. The van der Waals surface area contributed by atoms with E-state index in [9.17, 15) is 9.90 Å². The van der Waals surface area contributed by atoms with Crippen molar-refractivity contribution >= 4 is 16.9 Å². The zero-order valence-corrected chi connectivity index (χ0v) is 11.9. The second-order valence-corrected chi connectivity index (χ2v) is 5.27. The summed E-state index contributed by atoms with van der Waals surface area (Å²) in [7, 11) is 0. The molecular formula is C18H17NO2. The van der Waals surface area contributed by atoms with Gasteiger partial charge in [0.2, 0.25) is 0 Å². The summed E-state index contributed by atoms with van der Waals surface area (Å²) in [5.41, 5.74) is 3.07. The van der Waals surface area contributed by atoms with Crippen molar-refractivity contribution in [2.75, 3.05) is 0 Å². The monoisotopic (exact) mass is 279 g/mol. The minimum Gasteiger partial charge on any atom is -0.481 e. The smallest absolute Gasteiger partial charge is 0.310 e. The Hall–Kier alpha value is -2.55. The number of aromatic nitrogens is 1. The highest BCUT2D eigenvalue weighted by Crippen LogP contribution is 2.27. The third-order valence-electron chi connectivity index (χ3n) is 3.85. The Morgan fingerprint density at radius 3 is 2.57 bits per heavy atom. The molecule has 0 aliphatic carbocycles. The van der Waals surface area contributed by atoms with Crippen LogP contribution in [0.25, 0.3) is 10.9 Å². The van der Waals surface area contributed by atoms with Gasteiger partial charge in [-0.05, 0) is 29.5 Å². The first-order valence-corrected chi connectivity index (χ1v) is 7.01. The summed E-state index contributed by atoms with van der Waals surface area (Å²) in [6.07, 6.45) is 2.02. The van der Waals surface area contributed by atoms with Crippen LogP contribution in [0.4, 0.5) is 0 Å². The molecule has 0 amide bonds. The van der Waals surface area contributed by atoms with E-state index < -0.39 is 11.9 Å². The van der Waals surface area contributed by atoms with Crippen LogP contribution in [0.3, 0.4) is 0 Å². The number of hydrogen-bond donors (Lipinski definition) is 1. The molecule has 3 nitrogen and oxygen atoms in total. The van der Waals surface area contributed by atoms with E-state index >= 15 is 0 Å². The van der Waals surface area contributed by atoms with Crippen LogP contribution in [0.15, 0.2) is 60.8 Å². The second kappa shape index (κ2) is 5.44. The Morgan fingerprint density at radius 1 is 1.10 bits per heavy atom. The highest BCUT2D eigenvalue weighted by atomic mass is 16.4. The fourth-order valence-corrected chi connectivity index (χ4v) is 2.69. The number of carbonyl (C=O) groups is 1. The van der Waals surface area contributed by atoms with Crippen molar-refractivity contribution in [3.05, 3.63) is 71.9 Å². The van der Waals surface area contributed by atoms with Gasteiger partial charge in [-0.15, -0.1) is 0 Å². The lowest BCUT2D eigenvalue weighted by Crippen LogP contribution is -2.09. The molecule has 21 heavy (non-hydrogen) atoms. The summed E-state index contributed by atoms with van der Waals surface area (Å²) in [6, 6.07) is 18.1. The van der Waals surface area contributed by atoms with Gasteiger partial charge in [-0.2, -0.15) is 0 Å². The molecule has 0 aliphatic rings. The zero-order chi connectivity index (χ0) is 14.8. The highest BCUT2D eigenvalue weighted by molar-refractivity contribution is 5.89. The van der Waals surface area contributed by atoms with Gasteiger partial charge in [-0.1, -0.05) is 48.5 Å². The van der Waals surface area contributed by atoms with E-state index in [4.69, 9.17) is 0 Å². The van der Waals surface area contributed by atoms with Crippen LogP contribution in [0, 0.1) is 0 Å². The number of fused-ring (bicyclic) bond motifs is 1. The Morgan fingerprint density at radius 2 is 1.86 bits per heavy atom. The summed E-state index contributed by atoms with van der Waals surface area (Å²) >= 11 is 0. The topological polar surface area (TPSA) is 42.2 Å². The number of aliphatic carboxylic acids is 1. The molecule has 1 heterocycles. The molecule has 0 aliphatic heterocycles. The molecule has 3 aromatic rings. The molecule has 0 saturated heterocycles. The standard InChI is InChI=1S/C18H17NO2/c1-13(18(20)21)16-9-5-8-15-10-11-19(17(15)16)12-14-6-3-2-4-7-14/h2-11,13H,12H2,1H3,(H,20,21). The number of hydrogen-bond acceptors (Lipinski definition) is 1. The van der Waals surface area contributed by atoms with Gasteiger partial charge in [0.15, 0.2) is 0 Å². The molecule has 0 saturated carbocycles. The Kier molecular flexibility index (Phi) is 3.48. The molecule has 1 aromatic heterocycles. The average molecular weight is 279 g/mol. The SMILES string of the molecule is CC(C(=O)O)c1cccc2ccn(Cc3ccccc3)c12. The van der Waals surface area contributed by atoms with Gasteiger partial charge in [0, 0.05) is 12.7 Å². The van der Waals surface area contributed by atoms with Crippen molar-refractivity contribution in [2.24, 2.45) is 0 Å². The van der Waals surface area contributed by atoms with E-state index in [1.807, 2.05) is 48.7 Å².